The lowest BCUT2D eigenvalue weighted by molar-refractivity contribution is 0.565. The molecule has 0 bridgehead atoms. The zero-order chi connectivity index (χ0) is 22.7. The number of fused-ring (bicyclic) bond motifs is 1. The van der Waals surface area contributed by atoms with E-state index in [2.05, 4.69) is 73.0 Å². The molecule has 3 heterocycles. The van der Waals surface area contributed by atoms with Crippen LogP contribution in [0.1, 0.15) is 25.1 Å². The standard InChI is InChI=1S/C22H23N9O/c1-5-30(6-2)16-7-8-17(14(3)11-16)26-20-19(15(4)25-13-32)29-31-21(27-28-22(20)31)18-12-23-9-10-24-18/h7-12,26,29H,4-6H2,1-3H3. The Balaban J connectivity index is 1.81. The molecular formula is C22H23N9O. The molecule has 0 spiro atoms. The van der Waals surface area contributed by atoms with Crippen molar-refractivity contribution >= 4 is 34.5 Å². The first kappa shape index (κ1) is 21.0. The first-order valence-electron chi connectivity index (χ1n) is 10.2. The van der Waals surface area contributed by atoms with E-state index >= 15 is 0 Å². The lowest BCUT2D eigenvalue weighted by Gasteiger charge is -2.22. The molecule has 0 saturated carbocycles. The van der Waals surface area contributed by atoms with Crippen LogP contribution in [0, 0.1) is 6.92 Å². The molecule has 32 heavy (non-hydrogen) atoms. The smallest absolute Gasteiger partial charge is 0.240 e. The molecule has 4 rings (SSSR count). The predicted molar refractivity (Wildman–Crippen MR) is 124 cm³/mol. The zero-order valence-electron chi connectivity index (χ0n) is 18.1. The third kappa shape index (κ3) is 3.75. The van der Waals surface area contributed by atoms with Crippen LogP contribution in [0.3, 0.4) is 0 Å². The summed E-state index contributed by atoms with van der Waals surface area (Å²) in [5.41, 5.74) is 5.45. The number of anilines is 3. The maximum Gasteiger partial charge on any atom is 0.240 e. The van der Waals surface area contributed by atoms with E-state index in [1.807, 2.05) is 13.0 Å². The highest BCUT2D eigenvalue weighted by Gasteiger charge is 2.21. The van der Waals surface area contributed by atoms with Crippen LogP contribution < -0.4 is 10.2 Å². The van der Waals surface area contributed by atoms with Crippen LogP contribution in [-0.4, -0.2) is 48.9 Å². The number of hydrogen-bond acceptors (Lipinski definition) is 8. The van der Waals surface area contributed by atoms with Gasteiger partial charge < -0.3 is 10.2 Å². The molecule has 0 radical (unpaired) electrons. The van der Waals surface area contributed by atoms with Crippen molar-refractivity contribution in [2.45, 2.75) is 20.8 Å². The quantitative estimate of drug-likeness (QED) is 0.324. The highest BCUT2D eigenvalue weighted by Crippen LogP contribution is 2.33. The summed E-state index contributed by atoms with van der Waals surface area (Å²) in [6, 6.07) is 6.22. The SMILES string of the molecule is C=C(N=C=O)c1[nH]n2c(-c3cnccn3)nnc2c1Nc1ccc(N(CC)CC)cc1C. The lowest BCUT2D eigenvalue weighted by Crippen LogP contribution is -2.21. The summed E-state index contributed by atoms with van der Waals surface area (Å²) in [6.45, 7) is 12.0. The summed E-state index contributed by atoms with van der Waals surface area (Å²) in [6.07, 6.45) is 6.30. The van der Waals surface area contributed by atoms with Crippen LogP contribution in [-0.2, 0) is 4.79 Å². The Morgan fingerprint density at radius 1 is 1.28 bits per heavy atom. The average molecular weight is 429 g/mol. The first-order chi connectivity index (χ1) is 15.6. The number of nitrogens with one attached hydrogen (secondary N) is 2. The Bertz CT molecular complexity index is 1310. The van der Waals surface area contributed by atoms with Gasteiger partial charge in [-0.1, -0.05) is 6.58 Å². The Morgan fingerprint density at radius 2 is 2.09 bits per heavy atom. The average Bonchev–Trinajstić information content (AvgIpc) is 3.37. The zero-order valence-corrected chi connectivity index (χ0v) is 18.1. The van der Waals surface area contributed by atoms with Crippen LogP contribution >= 0.6 is 0 Å². The molecule has 0 fully saturated rings. The molecule has 4 aromatic rings. The van der Waals surface area contributed by atoms with Gasteiger partial charge in [0, 0.05) is 36.9 Å². The van der Waals surface area contributed by atoms with Crippen molar-refractivity contribution in [3.63, 3.8) is 0 Å². The second-order valence-electron chi connectivity index (χ2n) is 7.08. The van der Waals surface area contributed by atoms with E-state index in [0.29, 0.717) is 28.5 Å². The number of aryl methyl sites for hydroxylation is 1. The van der Waals surface area contributed by atoms with Gasteiger partial charge >= 0.3 is 0 Å². The second-order valence-corrected chi connectivity index (χ2v) is 7.08. The highest BCUT2D eigenvalue weighted by atomic mass is 16.1. The van der Waals surface area contributed by atoms with Gasteiger partial charge in [0.15, 0.2) is 0 Å². The van der Waals surface area contributed by atoms with E-state index < -0.39 is 0 Å². The second kappa shape index (κ2) is 8.83. The molecular weight excluding hydrogens is 406 g/mol. The van der Waals surface area contributed by atoms with Gasteiger partial charge in [-0.15, -0.1) is 10.2 Å². The Kier molecular flexibility index (Phi) is 5.78. The maximum atomic E-state index is 10.9. The number of nitrogens with zero attached hydrogens (tertiary/aromatic N) is 7. The fourth-order valence-corrected chi connectivity index (χ4v) is 3.56. The van der Waals surface area contributed by atoms with Crippen LogP contribution in [0.25, 0.3) is 22.9 Å². The van der Waals surface area contributed by atoms with E-state index in [9.17, 15) is 4.79 Å². The van der Waals surface area contributed by atoms with Crippen molar-refractivity contribution in [1.82, 2.24) is 29.8 Å². The fourth-order valence-electron chi connectivity index (χ4n) is 3.56. The van der Waals surface area contributed by atoms with E-state index in [1.54, 1.807) is 23.1 Å². The minimum absolute atomic E-state index is 0.218. The van der Waals surface area contributed by atoms with Gasteiger partial charge in [0.1, 0.15) is 17.1 Å². The molecule has 0 unspecified atom stereocenters. The number of aromatic amines is 1. The van der Waals surface area contributed by atoms with E-state index in [4.69, 9.17) is 0 Å². The minimum atomic E-state index is 0.218. The number of H-pyrrole nitrogens is 1. The van der Waals surface area contributed by atoms with Gasteiger partial charge in [-0.2, -0.15) is 4.99 Å². The van der Waals surface area contributed by atoms with Gasteiger partial charge in [-0.3, -0.25) is 10.1 Å². The van der Waals surface area contributed by atoms with Crippen molar-refractivity contribution < 1.29 is 4.79 Å². The number of rotatable bonds is 8. The largest absolute Gasteiger partial charge is 0.372 e. The Morgan fingerprint density at radius 3 is 2.75 bits per heavy atom. The van der Waals surface area contributed by atoms with Gasteiger partial charge in [0.25, 0.3) is 0 Å². The number of aromatic nitrogens is 6. The molecule has 0 aliphatic carbocycles. The van der Waals surface area contributed by atoms with E-state index in [-0.39, 0.29) is 5.70 Å². The summed E-state index contributed by atoms with van der Waals surface area (Å²) in [7, 11) is 0. The van der Waals surface area contributed by atoms with Crippen molar-refractivity contribution in [3.05, 3.63) is 54.6 Å². The van der Waals surface area contributed by atoms with Crippen molar-refractivity contribution in [2.24, 2.45) is 4.99 Å². The van der Waals surface area contributed by atoms with E-state index in [0.717, 1.165) is 30.0 Å². The first-order valence-corrected chi connectivity index (χ1v) is 10.2. The van der Waals surface area contributed by atoms with Gasteiger partial charge in [0.05, 0.1) is 11.9 Å². The molecule has 0 aliphatic heterocycles. The third-order valence-electron chi connectivity index (χ3n) is 5.22. The topological polar surface area (TPSA) is 116 Å². The summed E-state index contributed by atoms with van der Waals surface area (Å²) >= 11 is 0. The molecule has 10 heteroatoms. The van der Waals surface area contributed by atoms with Crippen molar-refractivity contribution in [2.75, 3.05) is 23.3 Å². The van der Waals surface area contributed by atoms with Crippen LogP contribution in [0.2, 0.25) is 0 Å². The van der Waals surface area contributed by atoms with Crippen LogP contribution in [0.15, 0.2) is 48.4 Å². The maximum absolute atomic E-state index is 10.9. The lowest BCUT2D eigenvalue weighted by atomic mass is 10.1. The normalized spacial score (nSPS) is 10.7. The number of benzene rings is 1. The molecule has 0 amide bonds. The molecule has 3 aromatic heterocycles. The van der Waals surface area contributed by atoms with Gasteiger partial charge in [-0.25, -0.2) is 14.3 Å². The molecule has 1 aromatic carbocycles. The summed E-state index contributed by atoms with van der Waals surface area (Å²) in [5, 5.41) is 15.1. The Labute approximate surface area is 184 Å². The predicted octanol–water partition coefficient (Wildman–Crippen LogP) is 3.72. The summed E-state index contributed by atoms with van der Waals surface area (Å²) < 4.78 is 1.66. The third-order valence-corrected chi connectivity index (χ3v) is 5.22. The van der Waals surface area contributed by atoms with Crippen LogP contribution in [0.5, 0.6) is 0 Å². The number of aliphatic imine (C=N–C) groups is 1. The van der Waals surface area contributed by atoms with Gasteiger partial charge in [0.2, 0.25) is 17.6 Å². The molecule has 0 atom stereocenters. The molecule has 2 N–H and O–H groups in total. The van der Waals surface area contributed by atoms with Crippen molar-refractivity contribution in [3.8, 4) is 11.5 Å². The van der Waals surface area contributed by atoms with Gasteiger partial charge in [-0.05, 0) is 44.5 Å². The Hall–Kier alpha value is -4.30. The molecule has 162 valence electrons. The minimum Gasteiger partial charge on any atom is -0.372 e. The molecule has 0 saturated heterocycles. The molecule has 10 nitrogen and oxygen atoms in total. The van der Waals surface area contributed by atoms with E-state index in [1.165, 1.54) is 6.08 Å². The number of isocyanates is 1. The molecule has 0 aliphatic rings. The summed E-state index contributed by atoms with van der Waals surface area (Å²) in [4.78, 5) is 25.2. The highest BCUT2D eigenvalue weighted by molar-refractivity contribution is 5.87. The monoisotopic (exact) mass is 429 g/mol. The van der Waals surface area contributed by atoms with Crippen molar-refractivity contribution in [1.29, 1.82) is 0 Å². The number of carbonyl (C=O) groups excluding carboxylic acids is 1. The number of hydrogen-bond donors (Lipinski definition) is 2. The van der Waals surface area contributed by atoms with Crippen LogP contribution in [0.4, 0.5) is 17.1 Å². The fraction of sp³-hybridized carbons (Fsp3) is 0.227. The summed E-state index contributed by atoms with van der Waals surface area (Å²) in [5.74, 6) is 0.471.